The van der Waals surface area contributed by atoms with Crippen LogP contribution < -0.4 is 15.2 Å². The highest BCUT2D eigenvalue weighted by atomic mass is 32.2. The molecule has 0 bridgehead atoms. The maximum absolute atomic E-state index is 12.7. The van der Waals surface area contributed by atoms with Gasteiger partial charge in [-0.25, -0.2) is 4.98 Å². The fraction of sp³-hybridized carbons (Fsp3) is 0.143. The van der Waals surface area contributed by atoms with Gasteiger partial charge in [-0.3, -0.25) is 4.79 Å². The SMILES string of the molecule is Cc1ccc(-c2nc3c(c(SCC(=O)Nc4cccc(C(=O)[O-])c4)n2)Cc2cccc(C)c2O3)cc1. The second-order valence-electron chi connectivity index (χ2n) is 8.55. The summed E-state index contributed by atoms with van der Waals surface area (Å²) in [5, 5.41) is 14.5. The number of anilines is 1. The molecule has 180 valence electrons. The molecule has 4 aromatic rings. The molecule has 1 N–H and O–H groups in total. The highest BCUT2D eigenvalue weighted by Crippen LogP contribution is 2.41. The van der Waals surface area contributed by atoms with Crippen molar-refractivity contribution < 1.29 is 19.4 Å². The first kappa shape index (κ1) is 23.6. The number of aromatic carboxylic acids is 1. The second-order valence-corrected chi connectivity index (χ2v) is 9.51. The number of amides is 1. The van der Waals surface area contributed by atoms with Crippen LogP contribution in [0.3, 0.4) is 0 Å². The molecule has 0 fully saturated rings. The van der Waals surface area contributed by atoms with E-state index in [0.717, 1.165) is 33.6 Å². The quantitative estimate of drug-likeness (QED) is 0.272. The summed E-state index contributed by atoms with van der Waals surface area (Å²) >= 11 is 1.29. The summed E-state index contributed by atoms with van der Waals surface area (Å²) in [6.07, 6.45) is 0.595. The van der Waals surface area contributed by atoms with Crippen molar-refractivity contribution in [2.45, 2.75) is 25.3 Å². The molecule has 0 saturated heterocycles. The van der Waals surface area contributed by atoms with Gasteiger partial charge in [-0.1, -0.05) is 71.9 Å². The van der Waals surface area contributed by atoms with E-state index in [2.05, 4.69) is 5.32 Å². The topological polar surface area (TPSA) is 104 Å². The van der Waals surface area contributed by atoms with Crippen LogP contribution in [0.25, 0.3) is 11.4 Å². The van der Waals surface area contributed by atoms with Crippen molar-refractivity contribution in [3.63, 3.8) is 0 Å². The third kappa shape index (κ3) is 4.94. The predicted molar refractivity (Wildman–Crippen MR) is 136 cm³/mol. The van der Waals surface area contributed by atoms with E-state index in [4.69, 9.17) is 14.7 Å². The first-order chi connectivity index (χ1) is 17.4. The lowest BCUT2D eigenvalue weighted by molar-refractivity contribution is -0.255. The first-order valence-corrected chi connectivity index (χ1v) is 12.3. The van der Waals surface area contributed by atoms with E-state index < -0.39 is 5.97 Å². The number of carboxylic acids is 1. The van der Waals surface area contributed by atoms with Crippen LogP contribution in [0, 0.1) is 13.8 Å². The van der Waals surface area contributed by atoms with Crippen LogP contribution in [0.2, 0.25) is 0 Å². The molecule has 2 heterocycles. The van der Waals surface area contributed by atoms with E-state index in [1.807, 2.05) is 56.3 Å². The molecule has 0 radical (unpaired) electrons. The molecule has 1 aliphatic heterocycles. The van der Waals surface area contributed by atoms with Gasteiger partial charge in [0.15, 0.2) is 5.82 Å². The van der Waals surface area contributed by atoms with Gasteiger partial charge in [-0.15, -0.1) is 0 Å². The number of hydrogen-bond donors (Lipinski definition) is 1. The minimum Gasteiger partial charge on any atom is -0.545 e. The number of ether oxygens (including phenoxy) is 1. The highest BCUT2D eigenvalue weighted by molar-refractivity contribution is 8.00. The zero-order valence-electron chi connectivity index (χ0n) is 19.7. The number of hydrogen-bond acceptors (Lipinski definition) is 7. The molecule has 1 amide bonds. The monoisotopic (exact) mass is 496 g/mol. The van der Waals surface area contributed by atoms with E-state index in [1.54, 1.807) is 12.1 Å². The maximum Gasteiger partial charge on any atom is 0.234 e. The molecular weight excluding hydrogens is 474 g/mol. The van der Waals surface area contributed by atoms with E-state index >= 15 is 0 Å². The standard InChI is InChI=1S/C28H23N3O4S/c1-16-9-11-18(12-10-16)25-30-26-22(14-19-6-3-5-17(2)24(19)35-26)27(31-25)36-15-23(32)29-21-8-4-7-20(13-21)28(33)34/h3-13H,14-15H2,1-2H3,(H,29,32)(H,33,34)/p-1. The van der Waals surface area contributed by atoms with Crippen LogP contribution in [-0.4, -0.2) is 27.6 Å². The summed E-state index contributed by atoms with van der Waals surface area (Å²) in [5.41, 5.74) is 5.28. The molecule has 1 aliphatic rings. The number of fused-ring (bicyclic) bond motifs is 2. The third-order valence-corrected chi connectivity index (χ3v) is 6.84. The molecule has 0 saturated carbocycles. The Bertz CT molecular complexity index is 1490. The lowest BCUT2D eigenvalue weighted by Gasteiger charge is -2.23. The lowest BCUT2D eigenvalue weighted by Crippen LogP contribution is -2.22. The number of carbonyl (C=O) groups is 2. The van der Waals surface area contributed by atoms with E-state index in [0.29, 0.717) is 28.8 Å². The van der Waals surface area contributed by atoms with Crippen LogP contribution in [0.1, 0.15) is 32.6 Å². The number of carboxylic acid groups (broad SMARTS) is 1. The molecule has 5 rings (SSSR count). The second kappa shape index (κ2) is 9.83. The third-order valence-electron chi connectivity index (χ3n) is 5.82. The van der Waals surface area contributed by atoms with Gasteiger partial charge in [0.05, 0.1) is 17.3 Å². The number of rotatable bonds is 6. The van der Waals surface area contributed by atoms with Gasteiger partial charge >= 0.3 is 0 Å². The van der Waals surface area contributed by atoms with E-state index in [1.165, 1.54) is 23.9 Å². The molecule has 36 heavy (non-hydrogen) atoms. The number of aryl methyl sites for hydroxylation is 2. The molecular formula is C28H22N3O4S-. The number of carbonyl (C=O) groups excluding carboxylic acids is 2. The summed E-state index contributed by atoms with van der Waals surface area (Å²) in [4.78, 5) is 33.3. The van der Waals surface area contributed by atoms with Crippen LogP contribution in [0.15, 0.2) is 71.8 Å². The summed E-state index contributed by atoms with van der Waals surface area (Å²) in [6.45, 7) is 4.02. The van der Waals surface area contributed by atoms with Crippen molar-refractivity contribution in [1.29, 1.82) is 0 Å². The van der Waals surface area contributed by atoms with Gasteiger partial charge in [0.25, 0.3) is 0 Å². The zero-order valence-corrected chi connectivity index (χ0v) is 20.5. The molecule has 8 heteroatoms. The van der Waals surface area contributed by atoms with Gasteiger partial charge in [-0.2, -0.15) is 4.98 Å². The summed E-state index contributed by atoms with van der Waals surface area (Å²) in [5.74, 6) is 0.315. The van der Waals surface area contributed by atoms with Gasteiger partial charge in [-0.05, 0) is 42.7 Å². The molecule has 0 spiro atoms. The zero-order chi connectivity index (χ0) is 25.2. The van der Waals surface area contributed by atoms with Gasteiger partial charge < -0.3 is 20.0 Å². The molecule has 0 unspecified atom stereocenters. The fourth-order valence-electron chi connectivity index (χ4n) is 3.97. The van der Waals surface area contributed by atoms with Crippen LogP contribution >= 0.6 is 11.8 Å². The molecule has 0 aliphatic carbocycles. The predicted octanol–water partition coefficient (Wildman–Crippen LogP) is 4.55. The van der Waals surface area contributed by atoms with Crippen LogP contribution in [-0.2, 0) is 11.2 Å². The van der Waals surface area contributed by atoms with Crippen LogP contribution in [0.5, 0.6) is 11.6 Å². The fourth-order valence-corrected chi connectivity index (χ4v) is 4.80. The maximum atomic E-state index is 12.7. The summed E-state index contributed by atoms with van der Waals surface area (Å²) in [7, 11) is 0. The smallest absolute Gasteiger partial charge is 0.234 e. The number of aromatic nitrogens is 2. The Kier molecular flexibility index (Phi) is 6.43. The summed E-state index contributed by atoms with van der Waals surface area (Å²) in [6, 6.07) is 19.9. The molecule has 1 aromatic heterocycles. The van der Waals surface area contributed by atoms with Crippen molar-refractivity contribution in [3.8, 4) is 23.0 Å². The van der Waals surface area contributed by atoms with Crippen molar-refractivity contribution in [3.05, 3.63) is 94.5 Å². The van der Waals surface area contributed by atoms with E-state index in [-0.39, 0.29) is 17.2 Å². The Labute approximate surface area is 212 Å². The van der Waals surface area contributed by atoms with E-state index in [9.17, 15) is 14.7 Å². The van der Waals surface area contributed by atoms with Gasteiger partial charge in [0.2, 0.25) is 11.8 Å². The Morgan fingerprint density at radius 1 is 1.03 bits per heavy atom. The first-order valence-electron chi connectivity index (χ1n) is 11.4. The Hall–Kier alpha value is -4.17. The number of thioether (sulfide) groups is 1. The summed E-state index contributed by atoms with van der Waals surface area (Å²) < 4.78 is 6.25. The number of nitrogens with one attached hydrogen (secondary N) is 1. The Morgan fingerprint density at radius 2 is 1.81 bits per heavy atom. The van der Waals surface area contributed by atoms with Gasteiger partial charge in [0.1, 0.15) is 10.8 Å². The number of nitrogens with zero attached hydrogens (tertiary/aromatic N) is 2. The highest BCUT2D eigenvalue weighted by Gasteiger charge is 2.25. The average Bonchev–Trinajstić information content (AvgIpc) is 2.87. The Morgan fingerprint density at radius 3 is 2.58 bits per heavy atom. The van der Waals surface area contributed by atoms with Crippen molar-refractivity contribution in [2.75, 3.05) is 11.1 Å². The normalized spacial score (nSPS) is 11.7. The largest absolute Gasteiger partial charge is 0.545 e. The van der Waals surface area contributed by atoms with Crippen molar-refractivity contribution >= 4 is 29.3 Å². The lowest BCUT2D eigenvalue weighted by atomic mass is 10.0. The molecule has 0 atom stereocenters. The van der Waals surface area contributed by atoms with Crippen molar-refractivity contribution in [2.24, 2.45) is 0 Å². The average molecular weight is 497 g/mol. The number of para-hydroxylation sites is 1. The molecule has 3 aromatic carbocycles. The molecule has 7 nitrogen and oxygen atoms in total. The Balaban J connectivity index is 1.43. The van der Waals surface area contributed by atoms with Crippen molar-refractivity contribution in [1.82, 2.24) is 9.97 Å². The number of benzene rings is 3. The van der Waals surface area contributed by atoms with Crippen LogP contribution in [0.4, 0.5) is 5.69 Å². The minimum absolute atomic E-state index is 0.000768. The minimum atomic E-state index is -1.30. The van der Waals surface area contributed by atoms with Gasteiger partial charge in [0, 0.05) is 17.7 Å².